The molecule has 0 bridgehead atoms. The fourth-order valence-corrected chi connectivity index (χ4v) is 5.45. The van der Waals surface area contributed by atoms with E-state index in [1.54, 1.807) is 37.3 Å². The number of amides is 3. The number of nitrogens with one attached hydrogen (secondary N) is 1. The largest absolute Gasteiger partial charge is 0.493 e. The first-order valence-corrected chi connectivity index (χ1v) is 14.5. The third-order valence-corrected chi connectivity index (χ3v) is 7.25. The third kappa shape index (κ3) is 6.33. The normalized spacial score (nSPS) is 14.7. The number of benzene rings is 2. The lowest BCUT2D eigenvalue weighted by atomic mass is 9.96. The molecule has 1 heterocycles. The van der Waals surface area contributed by atoms with Crippen LogP contribution in [0, 0.1) is 0 Å². The Morgan fingerprint density at radius 1 is 1.08 bits per heavy atom. The van der Waals surface area contributed by atoms with Gasteiger partial charge in [-0.15, -0.1) is 0 Å². The minimum Gasteiger partial charge on any atom is -0.493 e. The summed E-state index contributed by atoms with van der Waals surface area (Å²) in [6, 6.07) is 6.78. The van der Waals surface area contributed by atoms with Crippen LogP contribution in [0.15, 0.2) is 30.3 Å². The summed E-state index contributed by atoms with van der Waals surface area (Å²) in [5, 5.41) is 12.7. The van der Waals surface area contributed by atoms with Gasteiger partial charge in [0.2, 0.25) is 5.91 Å². The van der Waals surface area contributed by atoms with E-state index < -0.39 is 45.5 Å². The van der Waals surface area contributed by atoms with Crippen LogP contribution in [0.1, 0.15) is 71.5 Å². The molecule has 206 valence electrons. The maximum atomic E-state index is 13.9. The molecule has 0 fully saturated rings. The van der Waals surface area contributed by atoms with Gasteiger partial charge >= 0.3 is 0 Å². The number of hydrogen-bond donors (Lipinski definition) is 2. The molecule has 0 aliphatic carbocycles. The van der Waals surface area contributed by atoms with E-state index in [0.29, 0.717) is 48.5 Å². The van der Waals surface area contributed by atoms with E-state index in [1.807, 2.05) is 6.92 Å². The molecule has 0 saturated heterocycles. The van der Waals surface area contributed by atoms with Crippen molar-refractivity contribution in [2.75, 3.05) is 31.0 Å². The summed E-state index contributed by atoms with van der Waals surface area (Å²) in [6.45, 7) is 5.23. The van der Waals surface area contributed by atoms with E-state index in [0.717, 1.165) is 11.2 Å². The summed E-state index contributed by atoms with van der Waals surface area (Å²) in [7, 11) is -2.20. The summed E-state index contributed by atoms with van der Waals surface area (Å²) in [5.74, 6) is -1.56. The molecule has 0 spiro atoms. The van der Waals surface area contributed by atoms with Crippen LogP contribution in [0.4, 0.5) is 5.69 Å². The number of aryl methyl sites for hydroxylation is 1. The van der Waals surface area contributed by atoms with Crippen LogP contribution in [0.5, 0.6) is 11.5 Å². The number of carbonyl (C=O) groups excluding carboxylic acids is 3. The van der Waals surface area contributed by atoms with Crippen molar-refractivity contribution in [2.24, 2.45) is 0 Å². The first-order valence-electron chi connectivity index (χ1n) is 12.4. The molecule has 11 heteroatoms. The predicted molar refractivity (Wildman–Crippen MR) is 142 cm³/mol. The van der Waals surface area contributed by atoms with Crippen LogP contribution in [-0.2, 0) is 21.1 Å². The summed E-state index contributed by atoms with van der Waals surface area (Å²) < 4.78 is 35.9. The molecular weight excluding hydrogens is 512 g/mol. The molecule has 2 aromatic rings. The number of sulfone groups is 1. The molecule has 1 aliphatic rings. The van der Waals surface area contributed by atoms with Crippen molar-refractivity contribution >= 4 is 33.2 Å². The van der Waals surface area contributed by atoms with Crippen molar-refractivity contribution in [3.05, 3.63) is 52.6 Å². The van der Waals surface area contributed by atoms with Gasteiger partial charge in [0.1, 0.15) is 9.84 Å². The van der Waals surface area contributed by atoms with E-state index in [1.165, 1.54) is 14.0 Å². The van der Waals surface area contributed by atoms with Gasteiger partial charge < -0.3 is 19.9 Å². The van der Waals surface area contributed by atoms with Crippen molar-refractivity contribution in [1.82, 2.24) is 4.90 Å². The molecule has 0 aromatic heterocycles. The second-order valence-electron chi connectivity index (χ2n) is 9.24. The first-order chi connectivity index (χ1) is 17.9. The zero-order valence-corrected chi connectivity index (χ0v) is 23.1. The molecule has 38 heavy (non-hydrogen) atoms. The Hall–Kier alpha value is -3.44. The Bertz CT molecular complexity index is 1340. The maximum absolute atomic E-state index is 13.9. The molecule has 3 rings (SSSR count). The second-order valence-corrected chi connectivity index (χ2v) is 11.4. The molecule has 1 unspecified atom stereocenters. The van der Waals surface area contributed by atoms with Gasteiger partial charge in [-0.2, -0.15) is 0 Å². The van der Waals surface area contributed by atoms with Gasteiger partial charge in [0.05, 0.1) is 48.4 Å². The average Bonchev–Trinajstić information content (AvgIpc) is 3.11. The summed E-state index contributed by atoms with van der Waals surface area (Å²) in [6.07, 6.45) is 1.66. The topological polar surface area (TPSA) is 139 Å². The quantitative estimate of drug-likeness (QED) is 0.387. The van der Waals surface area contributed by atoms with E-state index in [4.69, 9.17) is 9.47 Å². The van der Waals surface area contributed by atoms with Crippen LogP contribution < -0.4 is 14.8 Å². The number of rotatable bonds is 12. The third-order valence-electron chi connectivity index (χ3n) is 6.33. The van der Waals surface area contributed by atoms with Crippen molar-refractivity contribution in [3.63, 3.8) is 0 Å². The number of carbonyl (C=O) groups is 3. The summed E-state index contributed by atoms with van der Waals surface area (Å²) in [4.78, 5) is 40.5. The molecular formula is C27H34N2O8S. The molecule has 10 nitrogen and oxygen atoms in total. The molecule has 0 saturated carbocycles. The van der Waals surface area contributed by atoms with Crippen LogP contribution >= 0.6 is 0 Å². The van der Waals surface area contributed by atoms with Gasteiger partial charge in [-0.25, -0.2) is 8.42 Å². The Kier molecular flexibility index (Phi) is 9.16. The van der Waals surface area contributed by atoms with E-state index in [2.05, 4.69) is 5.32 Å². The van der Waals surface area contributed by atoms with Crippen LogP contribution in [0.2, 0.25) is 0 Å². The number of nitrogens with zero attached hydrogens (tertiary/aromatic N) is 1. The van der Waals surface area contributed by atoms with E-state index >= 15 is 0 Å². The molecule has 2 N–H and O–H groups in total. The zero-order valence-electron chi connectivity index (χ0n) is 22.2. The minimum atomic E-state index is -3.67. The fraction of sp³-hybridized carbons (Fsp3) is 0.444. The Morgan fingerprint density at radius 2 is 1.76 bits per heavy atom. The highest BCUT2D eigenvalue weighted by Gasteiger charge is 2.44. The zero-order chi connectivity index (χ0) is 28.2. The average molecular weight is 547 g/mol. The van der Waals surface area contributed by atoms with Crippen LogP contribution in [-0.4, -0.2) is 68.0 Å². The SMILES string of the molecule is CCOc1cc([C@@H](CS(C)(=O)=O)N2C(=O)c3c(CCC(O)CC)ccc(NC(C)=O)c3C2=O)ccc1OC. The number of hydrogen-bond acceptors (Lipinski definition) is 8. The number of aliphatic hydroxyl groups is 1. The van der Waals surface area contributed by atoms with Gasteiger partial charge in [0.15, 0.2) is 11.5 Å². The lowest BCUT2D eigenvalue weighted by Crippen LogP contribution is -2.38. The Labute approximate surface area is 222 Å². The lowest BCUT2D eigenvalue weighted by molar-refractivity contribution is -0.114. The molecule has 1 aliphatic heterocycles. The van der Waals surface area contributed by atoms with Gasteiger partial charge in [0, 0.05) is 13.2 Å². The number of anilines is 1. The van der Waals surface area contributed by atoms with E-state index in [-0.39, 0.29) is 16.8 Å². The van der Waals surface area contributed by atoms with Crippen molar-refractivity contribution in [2.45, 2.75) is 52.2 Å². The monoisotopic (exact) mass is 546 g/mol. The van der Waals surface area contributed by atoms with Crippen LogP contribution in [0.25, 0.3) is 0 Å². The number of imide groups is 1. The standard InChI is InChI=1S/C27H34N2O8S/c1-6-19(31)11-8-17-9-12-20(28-16(3)30)25-24(17)26(32)29(27(25)33)21(15-38(5,34)35)18-10-13-22(36-4)23(14-18)37-7-2/h9-10,12-14,19,21,31H,6-8,11,15H2,1-5H3,(H,28,30)/t19?,21-/m1/s1. The van der Waals surface area contributed by atoms with Crippen molar-refractivity contribution < 1.29 is 37.4 Å². The van der Waals surface area contributed by atoms with Crippen molar-refractivity contribution in [1.29, 1.82) is 0 Å². The predicted octanol–water partition coefficient (Wildman–Crippen LogP) is 3.14. The molecule has 2 aromatic carbocycles. The maximum Gasteiger partial charge on any atom is 0.264 e. The number of aliphatic hydroxyl groups excluding tert-OH is 1. The van der Waals surface area contributed by atoms with Crippen molar-refractivity contribution in [3.8, 4) is 11.5 Å². The smallest absolute Gasteiger partial charge is 0.264 e. The highest BCUT2D eigenvalue weighted by atomic mass is 32.2. The summed E-state index contributed by atoms with van der Waals surface area (Å²) in [5.41, 5.74) is 1.17. The Balaban J connectivity index is 2.18. The van der Waals surface area contributed by atoms with Gasteiger partial charge in [-0.3, -0.25) is 19.3 Å². The molecule has 3 amide bonds. The minimum absolute atomic E-state index is 0.00531. The van der Waals surface area contributed by atoms with Gasteiger partial charge in [0.25, 0.3) is 11.8 Å². The summed E-state index contributed by atoms with van der Waals surface area (Å²) >= 11 is 0. The lowest BCUT2D eigenvalue weighted by Gasteiger charge is -2.27. The Morgan fingerprint density at radius 3 is 2.34 bits per heavy atom. The van der Waals surface area contributed by atoms with Gasteiger partial charge in [-0.1, -0.05) is 19.1 Å². The highest BCUT2D eigenvalue weighted by molar-refractivity contribution is 7.90. The fourth-order valence-electron chi connectivity index (χ4n) is 4.53. The number of fused-ring (bicyclic) bond motifs is 1. The second kappa shape index (κ2) is 12.0. The van der Waals surface area contributed by atoms with Gasteiger partial charge in [-0.05, 0) is 55.5 Å². The molecule has 0 radical (unpaired) electrons. The highest BCUT2D eigenvalue weighted by Crippen LogP contribution is 2.40. The number of ether oxygens (including phenoxy) is 2. The number of methoxy groups -OCH3 is 1. The van der Waals surface area contributed by atoms with E-state index in [9.17, 15) is 27.9 Å². The van der Waals surface area contributed by atoms with Crippen LogP contribution in [0.3, 0.4) is 0 Å². The first kappa shape index (κ1) is 29.1. The molecule has 2 atom stereocenters.